The van der Waals surface area contributed by atoms with E-state index < -0.39 is 0 Å². The summed E-state index contributed by atoms with van der Waals surface area (Å²) in [6.45, 7) is 9.07. The number of rotatable bonds is 4. The average molecular weight is 254 g/mol. The quantitative estimate of drug-likeness (QED) is 0.833. The molecule has 0 aromatic carbocycles. The van der Waals surface area contributed by atoms with E-state index in [1.807, 2.05) is 0 Å². The maximum atomic E-state index is 5.69. The van der Waals surface area contributed by atoms with Crippen LogP contribution in [-0.4, -0.2) is 50.3 Å². The molecule has 0 amide bonds. The fourth-order valence-electron chi connectivity index (χ4n) is 3.71. The lowest BCUT2D eigenvalue weighted by Gasteiger charge is -2.47. The average Bonchev–Trinajstić information content (AvgIpc) is 2.47. The van der Waals surface area contributed by atoms with E-state index in [1.165, 1.54) is 38.8 Å². The molecule has 2 aliphatic rings. The third-order valence-corrected chi connectivity index (χ3v) is 5.52. The number of hydrogen-bond acceptors (Lipinski definition) is 3. The molecular weight excluding hydrogens is 224 g/mol. The van der Waals surface area contributed by atoms with Gasteiger partial charge in [-0.25, -0.2) is 0 Å². The molecule has 0 aromatic heterocycles. The number of hydrogen-bond donors (Lipinski definition) is 1. The minimum absolute atomic E-state index is 0.593. The highest BCUT2D eigenvalue weighted by Gasteiger charge is 2.36. The Morgan fingerprint density at radius 3 is 2.44 bits per heavy atom. The Morgan fingerprint density at radius 2 is 1.89 bits per heavy atom. The number of nitrogens with one attached hydrogen (secondary N) is 1. The van der Waals surface area contributed by atoms with Crippen molar-refractivity contribution in [1.82, 2.24) is 10.2 Å². The Kier molecular flexibility index (Phi) is 5.05. The molecule has 2 rings (SSSR count). The fraction of sp³-hybridized carbons (Fsp3) is 1.00. The highest BCUT2D eigenvalue weighted by Crippen LogP contribution is 2.38. The maximum Gasteiger partial charge on any atom is 0.0637 e. The van der Waals surface area contributed by atoms with Crippen LogP contribution in [0.25, 0.3) is 0 Å². The smallest absolute Gasteiger partial charge is 0.0637 e. The van der Waals surface area contributed by atoms with Gasteiger partial charge in [0.15, 0.2) is 0 Å². The largest absolute Gasteiger partial charge is 0.380 e. The Hall–Kier alpha value is -0.120. The molecule has 2 unspecified atom stereocenters. The van der Waals surface area contributed by atoms with E-state index in [0.29, 0.717) is 17.5 Å². The summed E-state index contributed by atoms with van der Waals surface area (Å²) in [4.78, 5) is 2.67. The van der Waals surface area contributed by atoms with Gasteiger partial charge in [-0.15, -0.1) is 0 Å². The molecule has 0 saturated carbocycles. The van der Waals surface area contributed by atoms with Crippen molar-refractivity contribution in [2.24, 2.45) is 5.41 Å². The van der Waals surface area contributed by atoms with Crippen molar-refractivity contribution in [2.45, 2.75) is 58.0 Å². The lowest BCUT2D eigenvalue weighted by atomic mass is 9.74. The Bertz CT molecular complexity index is 243. The van der Waals surface area contributed by atoms with Gasteiger partial charge in [-0.05, 0) is 44.8 Å². The molecule has 106 valence electrons. The Morgan fingerprint density at radius 1 is 1.22 bits per heavy atom. The fourth-order valence-corrected chi connectivity index (χ4v) is 3.71. The van der Waals surface area contributed by atoms with E-state index >= 15 is 0 Å². The summed E-state index contributed by atoms with van der Waals surface area (Å²) in [6.07, 6.45) is 6.58. The molecule has 2 saturated heterocycles. The highest BCUT2D eigenvalue weighted by atomic mass is 16.5. The third-order valence-electron chi connectivity index (χ3n) is 5.52. The number of ether oxygens (including phenoxy) is 1. The molecule has 0 bridgehead atoms. The second kappa shape index (κ2) is 6.36. The lowest BCUT2D eigenvalue weighted by Crippen LogP contribution is -2.57. The molecule has 3 nitrogen and oxygen atoms in total. The second-order valence-electron chi connectivity index (χ2n) is 6.07. The van der Waals surface area contributed by atoms with Crippen LogP contribution in [0.5, 0.6) is 0 Å². The minimum atomic E-state index is 0.593. The Labute approximate surface area is 112 Å². The SMILES string of the molecule is CCC1(CC)CCN(C2COCCC2NC)CC1. The van der Waals surface area contributed by atoms with Crippen LogP contribution in [0.2, 0.25) is 0 Å². The molecular formula is C15H30N2O. The zero-order valence-corrected chi connectivity index (χ0v) is 12.4. The van der Waals surface area contributed by atoms with Crippen molar-refractivity contribution < 1.29 is 4.74 Å². The Balaban J connectivity index is 1.92. The van der Waals surface area contributed by atoms with Crippen molar-refractivity contribution in [3.05, 3.63) is 0 Å². The van der Waals surface area contributed by atoms with Crippen molar-refractivity contribution in [3.8, 4) is 0 Å². The minimum Gasteiger partial charge on any atom is -0.380 e. The van der Waals surface area contributed by atoms with Gasteiger partial charge in [-0.2, -0.15) is 0 Å². The molecule has 2 fully saturated rings. The van der Waals surface area contributed by atoms with Crippen LogP contribution in [0.15, 0.2) is 0 Å². The van der Waals surface area contributed by atoms with E-state index in [2.05, 4.69) is 31.1 Å². The predicted octanol–water partition coefficient (Wildman–Crippen LogP) is 2.27. The first-order chi connectivity index (χ1) is 8.74. The zero-order chi connectivity index (χ0) is 13.0. The lowest BCUT2D eigenvalue weighted by molar-refractivity contribution is -0.0265. The van der Waals surface area contributed by atoms with Gasteiger partial charge in [0.2, 0.25) is 0 Å². The molecule has 0 spiro atoms. The molecule has 0 aliphatic carbocycles. The van der Waals surface area contributed by atoms with Gasteiger partial charge >= 0.3 is 0 Å². The topological polar surface area (TPSA) is 24.5 Å². The highest BCUT2D eigenvalue weighted by molar-refractivity contribution is 4.92. The predicted molar refractivity (Wildman–Crippen MR) is 75.9 cm³/mol. The van der Waals surface area contributed by atoms with Crippen LogP contribution in [0.1, 0.15) is 46.0 Å². The summed E-state index contributed by atoms with van der Waals surface area (Å²) in [5, 5.41) is 3.48. The number of nitrogens with zero attached hydrogens (tertiary/aromatic N) is 1. The zero-order valence-electron chi connectivity index (χ0n) is 12.4. The van der Waals surface area contributed by atoms with Gasteiger partial charge in [0.1, 0.15) is 0 Å². The molecule has 2 aliphatic heterocycles. The molecule has 1 N–H and O–H groups in total. The second-order valence-corrected chi connectivity index (χ2v) is 6.07. The summed E-state index contributed by atoms with van der Waals surface area (Å²) in [6, 6.07) is 1.21. The van der Waals surface area contributed by atoms with Crippen LogP contribution in [0.3, 0.4) is 0 Å². The van der Waals surface area contributed by atoms with Gasteiger partial charge in [-0.1, -0.05) is 26.7 Å². The van der Waals surface area contributed by atoms with Gasteiger partial charge in [-0.3, -0.25) is 4.90 Å². The van der Waals surface area contributed by atoms with Gasteiger partial charge in [0, 0.05) is 18.7 Å². The molecule has 0 radical (unpaired) electrons. The summed E-state index contributed by atoms with van der Waals surface area (Å²) >= 11 is 0. The number of likely N-dealkylation sites (N-methyl/N-ethyl adjacent to an activating group) is 1. The summed E-state index contributed by atoms with van der Waals surface area (Å²) in [5.41, 5.74) is 0.626. The molecule has 2 atom stereocenters. The van der Waals surface area contributed by atoms with E-state index in [9.17, 15) is 0 Å². The van der Waals surface area contributed by atoms with Crippen molar-refractivity contribution in [1.29, 1.82) is 0 Å². The van der Waals surface area contributed by atoms with Crippen LogP contribution in [0, 0.1) is 5.41 Å². The standard InChI is InChI=1S/C15H30N2O/c1-4-15(5-2)7-9-17(10-8-15)14-12-18-11-6-13(14)16-3/h13-14,16H,4-12H2,1-3H3. The van der Waals surface area contributed by atoms with Gasteiger partial charge < -0.3 is 10.1 Å². The van der Waals surface area contributed by atoms with Crippen LogP contribution in [0.4, 0.5) is 0 Å². The van der Waals surface area contributed by atoms with Crippen molar-refractivity contribution in [3.63, 3.8) is 0 Å². The van der Waals surface area contributed by atoms with Crippen LogP contribution >= 0.6 is 0 Å². The third kappa shape index (κ3) is 2.89. The van der Waals surface area contributed by atoms with Gasteiger partial charge in [0.05, 0.1) is 6.61 Å². The van der Waals surface area contributed by atoms with Crippen molar-refractivity contribution >= 4 is 0 Å². The monoisotopic (exact) mass is 254 g/mol. The normalized spacial score (nSPS) is 33.5. The number of piperidine rings is 1. The van der Waals surface area contributed by atoms with E-state index in [-0.39, 0.29) is 0 Å². The van der Waals surface area contributed by atoms with E-state index in [1.54, 1.807) is 0 Å². The summed E-state index contributed by atoms with van der Waals surface area (Å²) in [7, 11) is 2.09. The first kappa shape index (κ1) is 14.3. The first-order valence-corrected chi connectivity index (χ1v) is 7.73. The van der Waals surface area contributed by atoms with Crippen molar-refractivity contribution in [2.75, 3.05) is 33.4 Å². The molecule has 18 heavy (non-hydrogen) atoms. The summed E-state index contributed by atoms with van der Waals surface area (Å²) < 4.78 is 5.69. The molecule has 3 heteroatoms. The first-order valence-electron chi connectivity index (χ1n) is 7.73. The molecule has 0 aromatic rings. The van der Waals surface area contributed by atoms with Crippen LogP contribution in [-0.2, 0) is 4.74 Å². The number of likely N-dealkylation sites (tertiary alicyclic amines) is 1. The van der Waals surface area contributed by atoms with E-state index in [4.69, 9.17) is 4.74 Å². The van der Waals surface area contributed by atoms with E-state index in [0.717, 1.165) is 19.6 Å². The summed E-state index contributed by atoms with van der Waals surface area (Å²) in [5.74, 6) is 0. The molecule has 2 heterocycles. The van der Waals surface area contributed by atoms with Crippen LogP contribution < -0.4 is 5.32 Å². The van der Waals surface area contributed by atoms with Gasteiger partial charge in [0.25, 0.3) is 0 Å². The maximum absolute atomic E-state index is 5.69.